The van der Waals surface area contributed by atoms with Gasteiger partial charge in [0.1, 0.15) is 0 Å². The molecule has 0 saturated heterocycles. The number of rotatable bonds is 3. The number of hydrogen-bond acceptors (Lipinski definition) is 4. The van der Waals surface area contributed by atoms with Gasteiger partial charge in [-0.2, -0.15) is 0 Å². The number of hydrogen-bond donors (Lipinski definition) is 3. The minimum absolute atomic E-state index is 0.0834. The zero-order valence-electron chi connectivity index (χ0n) is 11.0. The number of nitrogens with one attached hydrogen (secondary N) is 1. The number of nitrogens with two attached hydrogens (primary N) is 2. The summed E-state index contributed by atoms with van der Waals surface area (Å²) in [6.07, 6.45) is 2.31. The molecule has 2 rings (SSSR count). The first kappa shape index (κ1) is 13.5. The molecule has 0 aliphatic heterocycles. The Labute approximate surface area is 112 Å². The highest BCUT2D eigenvalue weighted by Gasteiger charge is 2.26. The fraction of sp³-hybridized carbons (Fsp3) is 0.429. The molecule has 1 amide bonds. The number of ether oxygens (including phenoxy) is 1. The second kappa shape index (κ2) is 5.40. The zero-order chi connectivity index (χ0) is 14.0. The summed E-state index contributed by atoms with van der Waals surface area (Å²) < 4.78 is 4.57. The van der Waals surface area contributed by atoms with Crippen LogP contribution in [-0.4, -0.2) is 18.0 Å². The SMILES string of the molecule is C[C@H](c1cccc2c1CCC2)C(N)C(=N)OC(N)=O. The molecule has 0 aromatic heterocycles. The van der Waals surface area contributed by atoms with Gasteiger partial charge in [0, 0.05) is 5.92 Å². The number of benzene rings is 1. The van der Waals surface area contributed by atoms with E-state index in [0.717, 1.165) is 24.8 Å². The van der Waals surface area contributed by atoms with E-state index in [2.05, 4.69) is 10.8 Å². The average molecular weight is 261 g/mol. The lowest BCUT2D eigenvalue weighted by Crippen LogP contribution is -2.39. The number of carbonyl (C=O) groups is 1. The highest BCUT2D eigenvalue weighted by Crippen LogP contribution is 2.31. The van der Waals surface area contributed by atoms with Gasteiger partial charge < -0.3 is 16.2 Å². The lowest BCUT2D eigenvalue weighted by atomic mass is 9.88. The molecule has 2 atom stereocenters. The van der Waals surface area contributed by atoms with Crippen LogP contribution in [0.4, 0.5) is 4.79 Å². The molecule has 5 nitrogen and oxygen atoms in total. The van der Waals surface area contributed by atoms with E-state index in [1.165, 1.54) is 11.1 Å². The van der Waals surface area contributed by atoms with Crippen molar-refractivity contribution in [2.75, 3.05) is 0 Å². The smallest absolute Gasteiger partial charge is 0.394 e. The molecule has 0 heterocycles. The van der Waals surface area contributed by atoms with Gasteiger partial charge in [-0.15, -0.1) is 0 Å². The maximum atomic E-state index is 10.7. The van der Waals surface area contributed by atoms with Gasteiger partial charge in [0.15, 0.2) is 0 Å². The van der Waals surface area contributed by atoms with Crippen LogP contribution >= 0.6 is 0 Å². The Bertz CT molecular complexity index is 513. The average Bonchev–Trinajstić information content (AvgIpc) is 2.84. The summed E-state index contributed by atoms with van der Waals surface area (Å²) in [5.74, 6) is -0.365. The van der Waals surface area contributed by atoms with Crippen molar-refractivity contribution in [3.05, 3.63) is 34.9 Å². The van der Waals surface area contributed by atoms with E-state index in [0.29, 0.717) is 0 Å². The summed E-state index contributed by atoms with van der Waals surface area (Å²) in [6.45, 7) is 1.94. The van der Waals surface area contributed by atoms with Crippen molar-refractivity contribution in [2.45, 2.75) is 38.1 Å². The molecule has 1 aromatic carbocycles. The van der Waals surface area contributed by atoms with Gasteiger partial charge in [-0.1, -0.05) is 25.1 Å². The second-order valence-electron chi connectivity index (χ2n) is 4.94. The van der Waals surface area contributed by atoms with E-state index < -0.39 is 12.1 Å². The molecule has 102 valence electrons. The van der Waals surface area contributed by atoms with E-state index in [4.69, 9.17) is 16.9 Å². The van der Waals surface area contributed by atoms with Gasteiger partial charge in [-0.25, -0.2) is 4.79 Å². The molecule has 0 radical (unpaired) electrons. The molecular formula is C14H19N3O2. The fourth-order valence-electron chi connectivity index (χ4n) is 2.67. The summed E-state index contributed by atoms with van der Waals surface area (Å²) in [5.41, 5.74) is 14.7. The maximum absolute atomic E-state index is 10.7. The predicted octanol–water partition coefficient (Wildman–Crippen LogP) is 1.68. The Kier molecular flexibility index (Phi) is 3.85. The lowest BCUT2D eigenvalue weighted by molar-refractivity contribution is 0.204. The van der Waals surface area contributed by atoms with Crippen LogP contribution in [0.2, 0.25) is 0 Å². The molecule has 1 unspecified atom stereocenters. The molecule has 0 spiro atoms. The minimum atomic E-state index is -0.994. The highest BCUT2D eigenvalue weighted by molar-refractivity contribution is 5.89. The zero-order valence-corrected chi connectivity index (χ0v) is 11.0. The Morgan fingerprint density at radius 2 is 2.16 bits per heavy atom. The van der Waals surface area contributed by atoms with Crippen molar-refractivity contribution < 1.29 is 9.53 Å². The maximum Gasteiger partial charge on any atom is 0.411 e. The molecule has 0 fully saturated rings. The van der Waals surface area contributed by atoms with Crippen LogP contribution in [0.3, 0.4) is 0 Å². The first-order valence-corrected chi connectivity index (χ1v) is 6.42. The van der Waals surface area contributed by atoms with Crippen molar-refractivity contribution in [1.29, 1.82) is 5.41 Å². The molecular weight excluding hydrogens is 242 g/mol. The van der Waals surface area contributed by atoms with Gasteiger partial charge in [-0.05, 0) is 36.0 Å². The first-order valence-electron chi connectivity index (χ1n) is 6.42. The van der Waals surface area contributed by atoms with Crippen LogP contribution in [0.15, 0.2) is 18.2 Å². The number of aryl methyl sites for hydroxylation is 1. The lowest BCUT2D eigenvalue weighted by Gasteiger charge is -2.22. The van der Waals surface area contributed by atoms with E-state index in [1.54, 1.807) is 0 Å². The molecule has 19 heavy (non-hydrogen) atoms. The van der Waals surface area contributed by atoms with Crippen LogP contribution in [0.5, 0.6) is 0 Å². The fourth-order valence-corrected chi connectivity index (χ4v) is 2.67. The van der Waals surface area contributed by atoms with Gasteiger partial charge >= 0.3 is 6.09 Å². The minimum Gasteiger partial charge on any atom is -0.394 e. The van der Waals surface area contributed by atoms with Crippen molar-refractivity contribution in [3.8, 4) is 0 Å². The van der Waals surface area contributed by atoms with Crippen LogP contribution in [0.25, 0.3) is 0 Å². The Hall–Kier alpha value is -1.88. The summed E-state index contributed by atoms with van der Waals surface area (Å²) in [5, 5.41) is 7.65. The predicted molar refractivity (Wildman–Crippen MR) is 73.3 cm³/mol. The molecule has 5 N–H and O–H groups in total. The van der Waals surface area contributed by atoms with Gasteiger partial charge in [0.25, 0.3) is 0 Å². The summed E-state index contributed by atoms with van der Waals surface area (Å²) in [7, 11) is 0. The summed E-state index contributed by atoms with van der Waals surface area (Å²) in [6, 6.07) is 5.52. The first-order chi connectivity index (χ1) is 9.00. The van der Waals surface area contributed by atoms with Crippen LogP contribution in [0, 0.1) is 5.41 Å². The molecule has 1 aliphatic rings. The summed E-state index contributed by atoms with van der Waals surface area (Å²) in [4.78, 5) is 10.7. The third-order valence-electron chi connectivity index (χ3n) is 3.72. The molecule has 5 heteroatoms. The van der Waals surface area contributed by atoms with E-state index in [9.17, 15) is 4.79 Å². The second-order valence-corrected chi connectivity index (χ2v) is 4.94. The molecule has 1 aliphatic carbocycles. The Morgan fingerprint density at radius 3 is 2.84 bits per heavy atom. The highest BCUT2D eigenvalue weighted by atomic mass is 16.6. The molecule has 0 saturated carbocycles. The van der Waals surface area contributed by atoms with Gasteiger partial charge in [-0.3, -0.25) is 5.41 Å². The third kappa shape index (κ3) is 2.76. The van der Waals surface area contributed by atoms with Crippen molar-refractivity contribution in [3.63, 3.8) is 0 Å². The summed E-state index contributed by atoms with van der Waals surface area (Å²) >= 11 is 0. The Balaban J connectivity index is 2.20. The van der Waals surface area contributed by atoms with E-state index >= 15 is 0 Å². The van der Waals surface area contributed by atoms with Gasteiger partial charge in [0.2, 0.25) is 5.90 Å². The van der Waals surface area contributed by atoms with E-state index in [1.807, 2.05) is 19.1 Å². The standard InChI is InChI=1S/C14H19N3O2/c1-8(12(15)13(16)19-14(17)18)10-6-2-4-9-5-3-7-11(9)10/h2,4,6,8,12,16H,3,5,7,15H2,1H3,(H2,17,18)/t8-,12?/m1/s1. The van der Waals surface area contributed by atoms with Crippen molar-refractivity contribution in [1.82, 2.24) is 0 Å². The number of primary amides is 1. The monoisotopic (exact) mass is 261 g/mol. The van der Waals surface area contributed by atoms with Gasteiger partial charge in [0.05, 0.1) is 6.04 Å². The molecule has 1 aromatic rings. The third-order valence-corrected chi connectivity index (χ3v) is 3.72. The number of carbonyl (C=O) groups excluding carboxylic acids is 1. The van der Waals surface area contributed by atoms with Crippen LogP contribution in [-0.2, 0) is 17.6 Å². The topological polar surface area (TPSA) is 102 Å². The van der Waals surface area contributed by atoms with Crippen LogP contribution in [0.1, 0.15) is 36.0 Å². The quantitative estimate of drug-likeness (QED) is 0.569. The number of fused-ring (bicyclic) bond motifs is 1. The van der Waals surface area contributed by atoms with E-state index in [-0.39, 0.29) is 11.8 Å². The number of amides is 1. The van der Waals surface area contributed by atoms with Crippen molar-refractivity contribution in [2.24, 2.45) is 11.5 Å². The largest absolute Gasteiger partial charge is 0.411 e. The Morgan fingerprint density at radius 1 is 1.42 bits per heavy atom. The van der Waals surface area contributed by atoms with Crippen LogP contribution < -0.4 is 11.5 Å². The van der Waals surface area contributed by atoms with Crippen molar-refractivity contribution >= 4 is 12.0 Å². The normalized spacial score (nSPS) is 16.5. The molecule has 0 bridgehead atoms.